The fraction of sp³-hybridized carbons (Fsp3) is 0.812. The minimum Gasteiger partial charge on any atom is -0.387 e. The van der Waals surface area contributed by atoms with Crippen LogP contribution in [0.3, 0.4) is 0 Å². The third kappa shape index (κ3) is 3.06. The number of halogens is 3. The van der Waals surface area contributed by atoms with Crippen molar-refractivity contribution in [1.82, 2.24) is 5.32 Å². The molecule has 0 radical (unpaired) electrons. The number of fused-ring (bicyclic) bond motifs is 1. The smallest absolute Gasteiger partial charge is 0.272 e. The van der Waals surface area contributed by atoms with Crippen LogP contribution in [0.15, 0.2) is 12.7 Å². The monoisotopic (exact) mass is 429 g/mol. The quantitative estimate of drug-likeness (QED) is 0.352. The molecule has 1 aliphatic carbocycles. The molecule has 3 N–H and O–H groups in total. The molecule has 3 fully saturated rings. The second kappa shape index (κ2) is 6.19. The van der Waals surface area contributed by atoms with Gasteiger partial charge < -0.3 is 29.7 Å². The predicted octanol–water partition coefficient (Wildman–Crippen LogP) is 1.06. The molecule has 26 heavy (non-hydrogen) atoms. The van der Waals surface area contributed by atoms with Crippen molar-refractivity contribution in [3.63, 3.8) is 0 Å². The molecule has 0 unspecified atom stereocenters. The average Bonchev–Trinajstić information content (AvgIpc) is 3.08. The Labute approximate surface area is 166 Å². The molecule has 7 atom stereocenters. The van der Waals surface area contributed by atoms with E-state index in [9.17, 15) is 15.0 Å². The number of epoxide rings is 1. The summed E-state index contributed by atoms with van der Waals surface area (Å²) in [6.07, 6.45) is -2.48. The molecule has 1 saturated carbocycles. The van der Waals surface area contributed by atoms with Crippen LogP contribution in [-0.4, -0.2) is 67.9 Å². The zero-order valence-corrected chi connectivity index (χ0v) is 16.8. The van der Waals surface area contributed by atoms with E-state index in [4.69, 9.17) is 49.0 Å². The molecular weight excluding hydrogens is 409 g/mol. The van der Waals surface area contributed by atoms with Crippen LogP contribution in [-0.2, 0) is 19.0 Å². The number of alkyl halides is 3. The number of carbonyl (C=O) groups excluding carboxylic acids is 1. The molecule has 1 amide bonds. The lowest BCUT2D eigenvalue weighted by molar-refractivity contribution is -0.161. The van der Waals surface area contributed by atoms with Crippen molar-refractivity contribution < 1.29 is 29.2 Å². The van der Waals surface area contributed by atoms with Crippen LogP contribution in [0, 0.1) is 5.92 Å². The largest absolute Gasteiger partial charge is 0.387 e. The minimum atomic E-state index is -2.26. The minimum absolute atomic E-state index is 0.204. The average molecular weight is 431 g/mol. The number of aliphatic hydroxyl groups excluding tert-OH is 2. The Morgan fingerprint density at radius 1 is 1.23 bits per heavy atom. The van der Waals surface area contributed by atoms with Crippen LogP contribution in [0.1, 0.15) is 20.8 Å². The van der Waals surface area contributed by atoms with E-state index in [1.807, 2.05) is 0 Å². The molecule has 0 spiro atoms. The van der Waals surface area contributed by atoms with Gasteiger partial charge in [0, 0.05) is 5.92 Å². The molecule has 7 nitrogen and oxygen atoms in total. The zero-order valence-electron chi connectivity index (χ0n) is 14.5. The summed E-state index contributed by atoms with van der Waals surface area (Å²) in [5, 5.41) is 24.0. The van der Waals surface area contributed by atoms with Gasteiger partial charge in [0.15, 0.2) is 5.79 Å². The molecule has 0 aromatic rings. The molecular formula is C16H22Cl3NO6. The van der Waals surface area contributed by atoms with Crippen molar-refractivity contribution in [2.45, 2.75) is 65.9 Å². The maximum atomic E-state index is 12.4. The van der Waals surface area contributed by atoms with Crippen LogP contribution < -0.4 is 5.32 Å². The Balaban J connectivity index is 2.02. The number of carbonyl (C=O) groups is 1. The van der Waals surface area contributed by atoms with Gasteiger partial charge in [0.05, 0.1) is 24.4 Å². The van der Waals surface area contributed by atoms with Gasteiger partial charge in [0.1, 0.15) is 17.8 Å². The van der Waals surface area contributed by atoms with E-state index in [2.05, 4.69) is 11.9 Å². The first-order chi connectivity index (χ1) is 11.8. The highest BCUT2D eigenvalue weighted by molar-refractivity contribution is 6.76. The molecule has 3 aliphatic rings. The number of hydrogen-bond acceptors (Lipinski definition) is 6. The standard InChI is InChI=1S/C16H22Cl3NO6/c1-5-15(20-12(23)16(17,18)19)8(7-6-24-13(2,3)25-7)11-14(4,26-11)9(21)10(15)22/h5,7-11,21-22H,1,6H2,2-4H3,(H,20,23)/t7-,8+,9+,10-,11+,14-,15-/m1/s1. The van der Waals surface area contributed by atoms with Crippen LogP contribution in [0.2, 0.25) is 0 Å². The number of hydrogen-bond donors (Lipinski definition) is 3. The van der Waals surface area contributed by atoms with Crippen LogP contribution in [0.4, 0.5) is 0 Å². The van der Waals surface area contributed by atoms with Crippen molar-refractivity contribution in [3.8, 4) is 0 Å². The topological polar surface area (TPSA) is 101 Å². The summed E-state index contributed by atoms with van der Waals surface area (Å²) in [4.78, 5) is 12.4. The Kier molecular flexibility index (Phi) is 4.91. The fourth-order valence-corrected chi connectivity index (χ4v) is 4.20. The van der Waals surface area contributed by atoms with Crippen molar-refractivity contribution in [2.75, 3.05) is 6.61 Å². The Morgan fingerprint density at radius 3 is 2.31 bits per heavy atom. The Bertz CT molecular complexity index is 626. The normalized spacial score (nSPS) is 47.2. The van der Waals surface area contributed by atoms with Crippen molar-refractivity contribution in [1.29, 1.82) is 0 Å². The molecule has 2 heterocycles. The summed E-state index contributed by atoms with van der Waals surface area (Å²) in [5.74, 6) is -2.43. The molecule has 2 saturated heterocycles. The van der Waals surface area contributed by atoms with Gasteiger partial charge in [-0.15, -0.1) is 6.58 Å². The van der Waals surface area contributed by atoms with E-state index < -0.39 is 57.0 Å². The second-order valence-corrected chi connectivity index (χ2v) is 9.88. The lowest BCUT2D eigenvalue weighted by Gasteiger charge is -2.49. The molecule has 3 rings (SSSR count). The van der Waals surface area contributed by atoms with E-state index in [1.165, 1.54) is 6.08 Å². The Hall–Kier alpha value is -0.120. The van der Waals surface area contributed by atoms with E-state index in [0.29, 0.717) is 0 Å². The SMILES string of the molecule is C=C[C@@]1(NC(=O)C(Cl)(Cl)Cl)[C@@H]([C@H]2COC(C)(C)O2)[C@@H]2O[C@]2(C)[C@@H](O)[C@H]1O. The third-order valence-electron chi connectivity index (χ3n) is 5.50. The number of amides is 1. The highest BCUT2D eigenvalue weighted by Crippen LogP contribution is 2.57. The van der Waals surface area contributed by atoms with Gasteiger partial charge in [-0.2, -0.15) is 0 Å². The first kappa shape index (κ1) is 20.6. The summed E-state index contributed by atoms with van der Waals surface area (Å²) < 4.78 is 15.0. The first-order valence-electron chi connectivity index (χ1n) is 8.17. The molecule has 0 aromatic carbocycles. The molecule has 2 aliphatic heterocycles. The summed E-state index contributed by atoms with van der Waals surface area (Å²) in [6.45, 7) is 9.14. The van der Waals surface area contributed by atoms with Crippen LogP contribution in [0.25, 0.3) is 0 Å². The summed E-state index contributed by atoms with van der Waals surface area (Å²) in [7, 11) is 0. The molecule has 0 bridgehead atoms. The predicted molar refractivity (Wildman–Crippen MR) is 95.0 cm³/mol. The number of nitrogens with one attached hydrogen (secondary N) is 1. The van der Waals surface area contributed by atoms with E-state index in [-0.39, 0.29) is 6.61 Å². The van der Waals surface area contributed by atoms with Crippen LogP contribution >= 0.6 is 34.8 Å². The van der Waals surface area contributed by atoms with Gasteiger partial charge in [-0.1, -0.05) is 40.9 Å². The lowest BCUT2D eigenvalue weighted by Crippen LogP contribution is -2.73. The van der Waals surface area contributed by atoms with Crippen molar-refractivity contribution in [2.24, 2.45) is 5.92 Å². The van der Waals surface area contributed by atoms with Gasteiger partial charge in [0.25, 0.3) is 9.70 Å². The summed E-state index contributed by atoms with van der Waals surface area (Å²) in [5.41, 5.74) is -2.52. The number of rotatable bonds is 3. The van der Waals surface area contributed by atoms with Gasteiger partial charge in [0.2, 0.25) is 0 Å². The van der Waals surface area contributed by atoms with Gasteiger partial charge in [-0.05, 0) is 20.8 Å². The molecule has 148 valence electrons. The van der Waals surface area contributed by atoms with Crippen LogP contribution in [0.5, 0.6) is 0 Å². The molecule has 10 heteroatoms. The van der Waals surface area contributed by atoms with E-state index >= 15 is 0 Å². The highest BCUT2D eigenvalue weighted by Gasteiger charge is 2.75. The summed E-state index contributed by atoms with van der Waals surface area (Å²) >= 11 is 17.1. The van der Waals surface area contributed by atoms with Gasteiger partial charge in [-0.25, -0.2) is 0 Å². The first-order valence-corrected chi connectivity index (χ1v) is 9.30. The maximum Gasteiger partial charge on any atom is 0.272 e. The Morgan fingerprint density at radius 2 is 1.85 bits per heavy atom. The molecule has 0 aromatic heterocycles. The van der Waals surface area contributed by atoms with Crippen molar-refractivity contribution in [3.05, 3.63) is 12.7 Å². The fourth-order valence-electron chi connectivity index (χ4n) is 4.06. The van der Waals surface area contributed by atoms with Gasteiger partial charge >= 0.3 is 0 Å². The number of aliphatic hydroxyl groups is 2. The highest BCUT2D eigenvalue weighted by atomic mass is 35.6. The van der Waals surface area contributed by atoms with Crippen molar-refractivity contribution >= 4 is 40.7 Å². The zero-order chi connectivity index (χ0) is 19.7. The van der Waals surface area contributed by atoms with E-state index in [1.54, 1.807) is 20.8 Å². The van der Waals surface area contributed by atoms with Gasteiger partial charge in [-0.3, -0.25) is 4.79 Å². The second-order valence-electron chi connectivity index (χ2n) is 7.59. The number of ether oxygens (including phenoxy) is 3. The maximum absolute atomic E-state index is 12.4. The summed E-state index contributed by atoms with van der Waals surface area (Å²) in [6, 6.07) is 0. The lowest BCUT2D eigenvalue weighted by atomic mass is 9.64. The third-order valence-corrected chi connectivity index (χ3v) is 6.01. The van der Waals surface area contributed by atoms with E-state index in [0.717, 1.165) is 0 Å².